The van der Waals surface area contributed by atoms with Crippen LogP contribution in [0.4, 0.5) is 0 Å². The number of nitrogens with zero attached hydrogens (tertiary/aromatic N) is 3. The maximum atomic E-state index is 5.94. The van der Waals surface area contributed by atoms with E-state index < -0.39 is 0 Å². The summed E-state index contributed by atoms with van der Waals surface area (Å²) < 4.78 is 3.11. The molecular weight excluding hydrogens is 342 g/mol. The van der Waals surface area contributed by atoms with Crippen LogP contribution < -0.4 is 11.1 Å². The van der Waals surface area contributed by atoms with Gasteiger partial charge in [-0.05, 0) is 47.3 Å². The number of imidazole rings is 1. The zero-order valence-electron chi connectivity index (χ0n) is 12.8. The summed E-state index contributed by atoms with van der Waals surface area (Å²) in [5.74, 6) is 0.564. The summed E-state index contributed by atoms with van der Waals surface area (Å²) in [6, 6.07) is 2.59. The second-order valence-corrected chi connectivity index (χ2v) is 6.86. The lowest BCUT2D eigenvalue weighted by Gasteiger charge is -2.11. The molecule has 0 saturated heterocycles. The van der Waals surface area contributed by atoms with Gasteiger partial charge in [-0.1, -0.05) is 12.8 Å². The van der Waals surface area contributed by atoms with Crippen LogP contribution in [-0.4, -0.2) is 27.9 Å². The standard InChI is InChI=1S/C16H22BrN5/c1-11-8-12(17)9-22-10-14(20-15(11)22)6-7-19-16(18)21-13-4-2-3-5-13/h8-10,13H,2-7H2,1H3,(H3,18,19,21). The van der Waals surface area contributed by atoms with Crippen LogP contribution in [0, 0.1) is 6.92 Å². The van der Waals surface area contributed by atoms with Crippen LogP contribution in [0.15, 0.2) is 27.9 Å². The minimum absolute atomic E-state index is 0.513. The third-order valence-electron chi connectivity index (χ3n) is 4.11. The Kier molecular flexibility index (Phi) is 4.66. The first-order chi connectivity index (χ1) is 10.6. The summed E-state index contributed by atoms with van der Waals surface area (Å²) in [5, 5.41) is 3.30. The molecule has 1 aliphatic rings. The number of aliphatic imine (C=N–C) groups is 1. The molecular formula is C16H22BrN5. The molecule has 2 aromatic rings. The zero-order chi connectivity index (χ0) is 15.5. The largest absolute Gasteiger partial charge is 0.370 e. The Hall–Kier alpha value is -1.56. The molecule has 0 spiro atoms. The molecule has 0 bridgehead atoms. The van der Waals surface area contributed by atoms with Gasteiger partial charge in [0.2, 0.25) is 0 Å². The predicted octanol–water partition coefficient (Wildman–Crippen LogP) is 2.79. The number of aromatic nitrogens is 2. The summed E-state index contributed by atoms with van der Waals surface area (Å²) in [6.07, 6.45) is 9.88. The summed E-state index contributed by atoms with van der Waals surface area (Å²) in [6.45, 7) is 2.73. The minimum Gasteiger partial charge on any atom is -0.370 e. The van der Waals surface area contributed by atoms with Crippen molar-refractivity contribution in [2.45, 2.75) is 45.1 Å². The van der Waals surface area contributed by atoms with Gasteiger partial charge in [-0.25, -0.2) is 4.98 Å². The highest BCUT2D eigenvalue weighted by Gasteiger charge is 2.14. The molecule has 1 saturated carbocycles. The van der Waals surface area contributed by atoms with Gasteiger partial charge < -0.3 is 15.5 Å². The molecule has 2 aromatic heterocycles. The molecule has 0 atom stereocenters. The summed E-state index contributed by atoms with van der Waals surface area (Å²) in [5.41, 5.74) is 9.14. The Balaban J connectivity index is 1.60. The van der Waals surface area contributed by atoms with E-state index in [-0.39, 0.29) is 0 Å². The van der Waals surface area contributed by atoms with Gasteiger partial charge >= 0.3 is 0 Å². The van der Waals surface area contributed by atoms with E-state index in [2.05, 4.69) is 54.8 Å². The monoisotopic (exact) mass is 363 g/mol. The minimum atomic E-state index is 0.513. The topological polar surface area (TPSA) is 67.7 Å². The molecule has 0 aliphatic heterocycles. The Labute approximate surface area is 139 Å². The van der Waals surface area contributed by atoms with Crippen molar-refractivity contribution in [3.05, 3.63) is 34.2 Å². The van der Waals surface area contributed by atoms with Gasteiger partial charge in [0.25, 0.3) is 0 Å². The van der Waals surface area contributed by atoms with Crippen molar-refractivity contribution in [3.63, 3.8) is 0 Å². The van der Waals surface area contributed by atoms with Crippen LogP contribution in [0.2, 0.25) is 0 Å². The molecule has 5 nitrogen and oxygen atoms in total. The summed E-state index contributed by atoms with van der Waals surface area (Å²) in [4.78, 5) is 9.08. The van der Waals surface area contributed by atoms with Gasteiger partial charge in [0, 0.05) is 35.9 Å². The SMILES string of the molecule is Cc1cc(Br)cn2cc(CCN=C(N)NC3CCCC3)nc12. The maximum absolute atomic E-state index is 5.94. The Bertz CT molecular complexity index is 685. The van der Waals surface area contributed by atoms with Crippen molar-refractivity contribution in [1.29, 1.82) is 0 Å². The molecule has 2 heterocycles. The maximum Gasteiger partial charge on any atom is 0.188 e. The van der Waals surface area contributed by atoms with Crippen molar-refractivity contribution in [2.24, 2.45) is 10.7 Å². The number of nitrogens with one attached hydrogen (secondary N) is 1. The Morgan fingerprint density at radius 2 is 2.23 bits per heavy atom. The molecule has 3 N–H and O–H groups in total. The number of halogens is 1. The van der Waals surface area contributed by atoms with Gasteiger partial charge in [-0.3, -0.25) is 4.99 Å². The third kappa shape index (κ3) is 3.61. The molecule has 1 aliphatic carbocycles. The van der Waals surface area contributed by atoms with E-state index >= 15 is 0 Å². The lowest BCUT2D eigenvalue weighted by molar-refractivity contribution is 0.625. The van der Waals surface area contributed by atoms with Crippen molar-refractivity contribution in [2.75, 3.05) is 6.54 Å². The molecule has 0 aromatic carbocycles. The second kappa shape index (κ2) is 6.69. The van der Waals surface area contributed by atoms with Gasteiger partial charge in [0.1, 0.15) is 5.65 Å². The molecule has 6 heteroatoms. The number of rotatable bonds is 4. The average Bonchev–Trinajstić information content (AvgIpc) is 3.08. The highest BCUT2D eigenvalue weighted by atomic mass is 79.9. The van der Waals surface area contributed by atoms with Crippen molar-refractivity contribution >= 4 is 27.5 Å². The van der Waals surface area contributed by atoms with Crippen LogP contribution in [-0.2, 0) is 6.42 Å². The van der Waals surface area contributed by atoms with Crippen LogP contribution in [0.5, 0.6) is 0 Å². The first-order valence-electron chi connectivity index (χ1n) is 7.82. The number of nitrogens with two attached hydrogens (primary N) is 1. The van der Waals surface area contributed by atoms with Crippen LogP contribution in [0.1, 0.15) is 36.9 Å². The lowest BCUT2D eigenvalue weighted by atomic mass is 10.2. The van der Waals surface area contributed by atoms with E-state index in [1.807, 2.05) is 6.20 Å². The normalized spacial score (nSPS) is 16.5. The third-order valence-corrected chi connectivity index (χ3v) is 4.54. The Morgan fingerprint density at radius 3 is 3.00 bits per heavy atom. The molecule has 1 fully saturated rings. The number of hydrogen-bond donors (Lipinski definition) is 2. The number of aryl methyl sites for hydroxylation is 1. The molecule has 118 valence electrons. The van der Waals surface area contributed by atoms with Crippen LogP contribution in [0.3, 0.4) is 0 Å². The van der Waals surface area contributed by atoms with E-state index in [9.17, 15) is 0 Å². The van der Waals surface area contributed by atoms with Gasteiger partial charge in [0.15, 0.2) is 5.96 Å². The first kappa shape index (κ1) is 15.3. The highest BCUT2D eigenvalue weighted by molar-refractivity contribution is 9.10. The van der Waals surface area contributed by atoms with E-state index in [0.717, 1.165) is 27.8 Å². The molecule has 0 amide bonds. The zero-order valence-corrected chi connectivity index (χ0v) is 14.4. The smallest absolute Gasteiger partial charge is 0.188 e. The quantitative estimate of drug-likeness (QED) is 0.648. The van der Waals surface area contributed by atoms with E-state index in [1.165, 1.54) is 25.7 Å². The van der Waals surface area contributed by atoms with E-state index in [1.54, 1.807) is 0 Å². The number of fused-ring (bicyclic) bond motifs is 1. The Morgan fingerprint density at radius 1 is 1.45 bits per heavy atom. The van der Waals surface area contributed by atoms with Gasteiger partial charge in [0.05, 0.1) is 5.69 Å². The number of guanidine groups is 1. The fourth-order valence-electron chi connectivity index (χ4n) is 3.01. The van der Waals surface area contributed by atoms with Crippen molar-refractivity contribution in [1.82, 2.24) is 14.7 Å². The summed E-state index contributed by atoms with van der Waals surface area (Å²) in [7, 11) is 0. The predicted molar refractivity (Wildman–Crippen MR) is 93.2 cm³/mol. The lowest BCUT2D eigenvalue weighted by Crippen LogP contribution is -2.38. The first-order valence-corrected chi connectivity index (χ1v) is 8.61. The van der Waals surface area contributed by atoms with Crippen LogP contribution >= 0.6 is 15.9 Å². The summed E-state index contributed by atoms with van der Waals surface area (Å²) >= 11 is 3.51. The fraction of sp³-hybridized carbons (Fsp3) is 0.500. The number of pyridine rings is 1. The van der Waals surface area contributed by atoms with Crippen LogP contribution in [0.25, 0.3) is 5.65 Å². The molecule has 3 rings (SSSR count). The molecule has 22 heavy (non-hydrogen) atoms. The van der Waals surface area contributed by atoms with Gasteiger partial charge in [-0.2, -0.15) is 0 Å². The average molecular weight is 364 g/mol. The fourth-order valence-corrected chi connectivity index (χ4v) is 3.58. The van der Waals surface area contributed by atoms with E-state index in [4.69, 9.17) is 5.73 Å². The molecule has 0 radical (unpaired) electrons. The van der Waals surface area contributed by atoms with E-state index in [0.29, 0.717) is 18.5 Å². The number of hydrogen-bond acceptors (Lipinski definition) is 2. The van der Waals surface area contributed by atoms with Crippen molar-refractivity contribution < 1.29 is 0 Å². The second-order valence-electron chi connectivity index (χ2n) is 5.95. The van der Waals surface area contributed by atoms with Crippen molar-refractivity contribution in [3.8, 4) is 0 Å². The van der Waals surface area contributed by atoms with Gasteiger partial charge in [-0.15, -0.1) is 0 Å². The highest BCUT2D eigenvalue weighted by Crippen LogP contribution is 2.18. The molecule has 0 unspecified atom stereocenters.